The van der Waals surface area contributed by atoms with Gasteiger partial charge in [0.1, 0.15) is 0 Å². The zero-order chi connectivity index (χ0) is 21.8. The summed E-state index contributed by atoms with van der Waals surface area (Å²) in [6.07, 6.45) is 0. The third-order valence-corrected chi connectivity index (χ3v) is 6.00. The van der Waals surface area contributed by atoms with Crippen LogP contribution in [0.4, 0.5) is 17.1 Å². The molecule has 0 bridgehead atoms. The van der Waals surface area contributed by atoms with Gasteiger partial charge < -0.3 is 4.90 Å². The van der Waals surface area contributed by atoms with E-state index >= 15 is 0 Å². The van der Waals surface area contributed by atoms with Crippen LogP contribution in [0, 0.1) is 0 Å². The summed E-state index contributed by atoms with van der Waals surface area (Å²) in [4.78, 5) is 2.36. The molecule has 0 radical (unpaired) electrons. The largest absolute Gasteiger partial charge is 0.309 e. The lowest BCUT2D eigenvalue weighted by atomic mass is 9.94. The fourth-order valence-electron chi connectivity index (χ4n) is 4.09. The van der Waals surface area contributed by atoms with Crippen LogP contribution in [0.15, 0.2) is 138 Å². The van der Waals surface area contributed by atoms with E-state index in [4.69, 9.17) is 0 Å². The minimum Gasteiger partial charge on any atom is -0.309 e. The summed E-state index contributed by atoms with van der Waals surface area (Å²) in [6, 6.07) is 46.9. The summed E-state index contributed by atoms with van der Waals surface area (Å²) < 4.78 is 1.05. The highest BCUT2D eigenvalue weighted by Crippen LogP contribution is 2.46. The molecule has 0 heterocycles. The average molecular weight is 476 g/mol. The van der Waals surface area contributed by atoms with Crippen LogP contribution < -0.4 is 4.90 Å². The normalized spacial score (nSPS) is 10.7. The third-order valence-electron chi connectivity index (χ3n) is 5.51. The Morgan fingerprint density at radius 1 is 0.438 bits per heavy atom. The lowest BCUT2D eigenvalue weighted by Crippen LogP contribution is -2.12. The van der Waals surface area contributed by atoms with Gasteiger partial charge in [0.25, 0.3) is 0 Å². The van der Waals surface area contributed by atoms with Crippen molar-refractivity contribution >= 4 is 33.0 Å². The Labute approximate surface area is 197 Å². The van der Waals surface area contributed by atoms with E-state index < -0.39 is 0 Å². The van der Waals surface area contributed by atoms with Gasteiger partial charge in [0.2, 0.25) is 0 Å². The van der Waals surface area contributed by atoms with E-state index in [1.54, 1.807) is 0 Å². The molecule has 0 aliphatic rings. The molecule has 5 rings (SSSR count). The van der Waals surface area contributed by atoms with Gasteiger partial charge in [-0.2, -0.15) is 0 Å². The number of anilines is 3. The second-order valence-electron chi connectivity index (χ2n) is 7.58. The van der Waals surface area contributed by atoms with Gasteiger partial charge in [-0.1, -0.05) is 119 Å². The number of benzene rings is 5. The summed E-state index contributed by atoms with van der Waals surface area (Å²) in [5, 5.41) is 0. The summed E-state index contributed by atoms with van der Waals surface area (Å²) in [6.45, 7) is 0. The third kappa shape index (κ3) is 4.10. The molecule has 0 spiro atoms. The van der Waals surface area contributed by atoms with Crippen molar-refractivity contribution in [2.75, 3.05) is 4.90 Å². The molecule has 32 heavy (non-hydrogen) atoms. The van der Waals surface area contributed by atoms with E-state index in [1.165, 1.54) is 22.3 Å². The Hall–Kier alpha value is -3.62. The van der Waals surface area contributed by atoms with Crippen molar-refractivity contribution in [2.45, 2.75) is 0 Å². The number of hydrogen-bond acceptors (Lipinski definition) is 1. The average Bonchev–Trinajstić information content (AvgIpc) is 2.86. The maximum atomic E-state index is 3.68. The van der Waals surface area contributed by atoms with Gasteiger partial charge in [-0.25, -0.2) is 0 Å². The molecule has 5 aromatic carbocycles. The van der Waals surface area contributed by atoms with Gasteiger partial charge >= 0.3 is 0 Å². The van der Waals surface area contributed by atoms with Gasteiger partial charge in [0.15, 0.2) is 0 Å². The van der Waals surface area contributed by atoms with Crippen molar-refractivity contribution in [3.63, 3.8) is 0 Å². The SMILES string of the molecule is Brc1cccc(N(c2ccccc2)c2c(-c3ccccc3)cccc2-c2ccccc2)c1. The van der Waals surface area contributed by atoms with Crippen molar-refractivity contribution in [1.29, 1.82) is 0 Å². The first kappa shape index (κ1) is 20.3. The standard InChI is InChI=1S/C30H22BrN/c31-25-16-10-19-27(22-25)32(26-17-8-3-9-18-26)30-28(23-12-4-1-5-13-23)20-11-21-29(30)24-14-6-2-7-15-24/h1-22H. The van der Waals surface area contributed by atoms with Crippen LogP contribution in [0.5, 0.6) is 0 Å². The molecule has 5 aromatic rings. The molecule has 0 N–H and O–H groups in total. The van der Waals surface area contributed by atoms with Crippen LogP contribution in [-0.2, 0) is 0 Å². The van der Waals surface area contributed by atoms with Gasteiger partial charge in [-0.05, 0) is 41.5 Å². The van der Waals surface area contributed by atoms with Crippen molar-refractivity contribution in [1.82, 2.24) is 0 Å². The van der Waals surface area contributed by atoms with E-state index in [0.29, 0.717) is 0 Å². The maximum Gasteiger partial charge on any atom is 0.0618 e. The molecule has 0 saturated carbocycles. The van der Waals surface area contributed by atoms with Crippen molar-refractivity contribution in [3.05, 3.63) is 138 Å². The quantitative estimate of drug-likeness (QED) is 0.244. The van der Waals surface area contributed by atoms with Crippen LogP contribution in [0.25, 0.3) is 22.3 Å². The highest BCUT2D eigenvalue weighted by molar-refractivity contribution is 9.10. The highest BCUT2D eigenvalue weighted by atomic mass is 79.9. The first-order valence-corrected chi connectivity index (χ1v) is 11.5. The fraction of sp³-hybridized carbons (Fsp3) is 0. The summed E-state index contributed by atoms with van der Waals surface area (Å²) in [5.41, 5.74) is 8.14. The number of nitrogens with zero attached hydrogens (tertiary/aromatic N) is 1. The van der Waals surface area contributed by atoms with Gasteiger partial charge in [-0.15, -0.1) is 0 Å². The van der Waals surface area contributed by atoms with Crippen LogP contribution in [0.3, 0.4) is 0 Å². The minimum atomic E-state index is 1.05. The van der Waals surface area contributed by atoms with Crippen LogP contribution >= 0.6 is 15.9 Å². The summed E-state index contributed by atoms with van der Waals surface area (Å²) >= 11 is 3.68. The molecule has 0 amide bonds. The molecular formula is C30H22BrN. The molecule has 1 nitrogen and oxygen atoms in total. The van der Waals surface area contributed by atoms with Crippen LogP contribution in [0.1, 0.15) is 0 Å². The van der Waals surface area contributed by atoms with E-state index in [-0.39, 0.29) is 0 Å². The van der Waals surface area contributed by atoms with Crippen molar-refractivity contribution in [2.24, 2.45) is 0 Å². The summed E-state index contributed by atoms with van der Waals surface area (Å²) in [5.74, 6) is 0. The Morgan fingerprint density at radius 2 is 0.906 bits per heavy atom. The second-order valence-corrected chi connectivity index (χ2v) is 8.50. The van der Waals surface area contributed by atoms with E-state index in [0.717, 1.165) is 21.5 Å². The molecular weight excluding hydrogens is 454 g/mol. The summed E-state index contributed by atoms with van der Waals surface area (Å²) in [7, 11) is 0. The maximum absolute atomic E-state index is 3.68. The molecule has 154 valence electrons. The molecule has 0 aliphatic carbocycles. The lowest BCUT2D eigenvalue weighted by molar-refractivity contribution is 1.28. The van der Waals surface area contributed by atoms with E-state index in [1.807, 2.05) is 0 Å². The number of hydrogen-bond donors (Lipinski definition) is 0. The fourth-order valence-corrected chi connectivity index (χ4v) is 4.47. The zero-order valence-electron chi connectivity index (χ0n) is 17.5. The smallest absolute Gasteiger partial charge is 0.0618 e. The molecule has 0 saturated heterocycles. The van der Waals surface area contributed by atoms with Crippen molar-refractivity contribution < 1.29 is 0 Å². The zero-order valence-corrected chi connectivity index (χ0v) is 19.1. The molecule has 0 aliphatic heterocycles. The molecule has 0 atom stereocenters. The predicted molar refractivity (Wildman–Crippen MR) is 140 cm³/mol. The topological polar surface area (TPSA) is 3.24 Å². The first-order valence-electron chi connectivity index (χ1n) is 10.7. The Balaban J connectivity index is 1.86. The Morgan fingerprint density at radius 3 is 1.44 bits per heavy atom. The molecule has 2 heteroatoms. The molecule has 0 fully saturated rings. The van der Waals surface area contributed by atoms with Crippen LogP contribution in [0.2, 0.25) is 0 Å². The van der Waals surface area contributed by atoms with Gasteiger partial charge in [-0.3, -0.25) is 0 Å². The van der Waals surface area contributed by atoms with Crippen molar-refractivity contribution in [3.8, 4) is 22.3 Å². The first-order chi connectivity index (χ1) is 15.8. The number of rotatable bonds is 5. The minimum absolute atomic E-state index is 1.05. The molecule has 0 unspecified atom stereocenters. The lowest BCUT2D eigenvalue weighted by Gasteiger charge is -2.30. The number of para-hydroxylation sites is 2. The van der Waals surface area contributed by atoms with E-state index in [2.05, 4.69) is 154 Å². The Kier molecular flexibility index (Phi) is 5.87. The molecule has 0 aromatic heterocycles. The second kappa shape index (κ2) is 9.25. The number of halogens is 1. The predicted octanol–water partition coefficient (Wildman–Crippen LogP) is 9.25. The highest BCUT2D eigenvalue weighted by Gasteiger charge is 2.21. The van der Waals surface area contributed by atoms with Gasteiger partial charge in [0, 0.05) is 27.0 Å². The Bertz CT molecular complexity index is 1260. The van der Waals surface area contributed by atoms with E-state index in [9.17, 15) is 0 Å². The monoisotopic (exact) mass is 475 g/mol. The van der Waals surface area contributed by atoms with Crippen LogP contribution in [-0.4, -0.2) is 0 Å². The van der Waals surface area contributed by atoms with Gasteiger partial charge in [0.05, 0.1) is 5.69 Å².